The Labute approximate surface area is 215 Å². The van der Waals surface area contributed by atoms with Crippen LogP contribution in [0.2, 0.25) is 0 Å². The molecule has 6 heteroatoms. The van der Waals surface area contributed by atoms with Crippen LogP contribution in [0.25, 0.3) is 0 Å². The van der Waals surface area contributed by atoms with E-state index in [2.05, 4.69) is 5.16 Å². The van der Waals surface area contributed by atoms with Gasteiger partial charge in [0, 0.05) is 22.3 Å². The zero-order valence-electron chi connectivity index (χ0n) is 20.3. The Hall–Kier alpha value is -4.29. The van der Waals surface area contributed by atoms with Crippen LogP contribution in [0.1, 0.15) is 29.2 Å². The van der Waals surface area contributed by atoms with Crippen molar-refractivity contribution in [3.8, 4) is 0 Å². The van der Waals surface area contributed by atoms with E-state index in [1.165, 1.54) is 12.1 Å². The molecule has 0 aromatic heterocycles. The van der Waals surface area contributed by atoms with Crippen LogP contribution in [0.4, 0.5) is 8.78 Å². The van der Waals surface area contributed by atoms with Crippen LogP contribution in [0.15, 0.2) is 127 Å². The van der Waals surface area contributed by atoms with Crippen molar-refractivity contribution in [3.63, 3.8) is 0 Å². The molecule has 0 saturated heterocycles. The molecule has 4 aromatic carbocycles. The maximum atomic E-state index is 14.1. The number of halogens is 2. The summed E-state index contributed by atoms with van der Waals surface area (Å²) in [5.74, 6) is -2.12. The Morgan fingerprint density at radius 1 is 0.811 bits per heavy atom. The highest BCUT2D eigenvalue weighted by molar-refractivity contribution is 6.01. The lowest BCUT2D eigenvalue weighted by atomic mass is 9.80. The highest BCUT2D eigenvalue weighted by atomic mass is 19.2. The molecule has 4 rings (SSSR count). The van der Waals surface area contributed by atoms with Crippen LogP contribution >= 0.6 is 0 Å². The summed E-state index contributed by atoms with van der Waals surface area (Å²) in [6.07, 6.45) is 2.80. The van der Waals surface area contributed by atoms with Crippen molar-refractivity contribution < 1.29 is 23.5 Å². The molecule has 0 radical (unpaired) electrons. The molecule has 0 aliphatic rings. The van der Waals surface area contributed by atoms with Gasteiger partial charge in [-0.3, -0.25) is 0 Å². The van der Waals surface area contributed by atoms with Crippen molar-refractivity contribution in [2.75, 3.05) is 6.61 Å². The van der Waals surface area contributed by atoms with E-state index in [0.717, 1.165) is 22.8 Å². The predicted octanol–water partition coefficient (Wildman–Crippen LogP) is 7.07. The molecule has 4 nitrogen and oxygen atoms in total. The molecule has 0 fully saturated rings. The van der Waals surface area contributed by atoms with E-state index in [4.69, 9.17) is 9.47 Å². The number of nitrogens with zero attached hydrogens (tertiary/aromatic N) is 1. The summed E-state index contributed by atoms with van der Waals surface area (Å²) in [4.78, 5) is 0. The van der Waals surface area contributed by atoms with Crippen molar-refractivity contribution in [1.82, 2.24) is 0 Å². The van der Waals surface area contributed by atoms with Crippen molar-refractivity contribution in [1.29, 1.82) is 0 Å². The second-order valence-electron chi connectivity index (χ2n) is 8.39. The Balaban J connectivity index is 1.59. The first-order valence-electron chi connectivity index (χ1n) is 11.8. The summed E-state index contributed by atoms with van der Waals surface area (Å²) in [5, 5.41) is 12.4. The predicted molar refractivity (Wildman–Crippen MR) is 140 cm³/mol. The van der Waals surface area contributed by atoms with Crippen molar-refractivity contribution in [2.45, 2.75) is 18.6 Å². The normalized spacial score (nSPS) is 13.0. The maximum absolute atomic E-state index is 14.1. The highest BCUT2D eigenvalue weighted by Crippen LogP contribution is 2.40. The summed E-state index contributed by atoms with van der Waals surface area (Å²) in [6, 6.07) is 33.5. The fourth-order valence-corrected chi connectivity index (χ4v) is 4.13. The molecule has 0 aliphatic carbocycles. The molecule has 0 aliphatic heterocycles. The fourth-order valence-electron chi connectivity index (χ4n) is 4.13. The van der Waals surface area contributed by atoms with Gasteiger partial charge in [-0.25, -0.2) is 8.78 Å². The van der Waals surface area contributed by atoms with Crippen molar-refractivity contribution in [2.24, 2.45) is 5.16 Å². The Bertz CT molecular complexity index is 1250. The first-order valence-corrected chi connectivity index (χ1v) is 11.8. The van der Waals surface area contributed by atoms with Gasteiger partial charge >= 0.3 is 0 Å². The van der Waals surface area contributed by atoms with E-state index in [1.807, 2.05) is 91.0 Å². The second kappa shape index (κ2) is 12.1. The fraction of sp³-hybridized carbons (Fsp3) is 0.129. The minimum Gasteiger partial charge on any atom is -0.481 e. The minimum atomic E-state index is -1.09. The van der Waals surface area contributed by atoms with E-state index in [1.54, 1.807) is 19.3 Å². The molecular weight excluding hydrogens is 472 g/mol. The molecule has 1 atom stereocenters. The molecule has 0 heterocycles. The van der Waals surface area contributed by atoms with Gasteiger partial charge in [-0.1, -0.05) is 102 Å². The van der Waals surface area contributed by atoms with Gasteiger partial charge in [0.2, 0.25) is 0 Å². The molecule has 4 aromatic rings. The van der Waals surface area contributed by atoms with Gasteiger partial charge in [0.1, 0.15) is 5.71 Å². The van der Waals surface area contributed by atoms with Crippen LogP contribution < -0.4 is 0 Å². The van der Waals surface area contributed by atoms with Gasteiger partial charge in [-0.2, -0.15) is 0 Å². The number of ether oxygens (including phenoxy) is 2. The largest absolute Gasteiger partial charge is 0.481 e. The van der Waals surface area contributed by atoms with Gasteiger partial charge < -0.3 is 14.7 Å². The van der Waals surface area contributed by atoms with Gasteiger partial charge in [0.15, 0.2) is 17.2 Å². The standard InChI is InChI=1S/C31H27F2NO3/c1-23(36-22-29(34-35)27-18-11-19-28(32)30(27)33)20-21-37-31(24-12-5-2-6-13-24,25-14-7-3-8-15-25)26-16-9-4-10-17-26/h2-21,23,35H,22H2,1H3. The van der Waals surface area contributed by atoms with E-state index in [9.17, 15) is 14.0 Å². The summed E-state index contributed by atoms with van der Waals surface area (Å²) in [5.41, 5.74) is 1.63. The molecule has 188 valence electrons. The summed E-state index contributed by atoms with van der Waals surface area (Å²) < 4.78 is 40.0. The molecule has 0 saturated carbocycles. The van der Waals surface area contributed by atoms with Crippen LogP contribution in [0, 0.1) is 11.6 Å². The number of oxime groups is 1. The summed E-state index contributed by atoms with van der Waals surface area (Å²) >= 11 is 0. The van der Waals surface area contributed by atoms with E-state index in [-0.39, 0.29) is 17.9 Å². The number of hydrogen-bond acceptors (Lipinski definition) is 4. The third kappa shape index (κ3) is 5.76. The molecular formula is C31H27F2NO3. The van der Waals surface area contributed by atoms with Gasteiger partial charge in [0.05, 0.1) is 19.0 Å². The minimum absolute atomic E-state index is 0.120. The van der Waals surface area contributed by atoms with Gasteiger partial charge in [0.25, 0.3) is 0 Å². The quantitative estimate of drug-likeness (QED) is 0.0835. The topological polar surface area (TPSA) is 51.0 Å². The number of hydrogen-bond donors (Lipinski definition) is 1. The molecule has 0 amide bonds. The smallest absolute Gasteiger partial charge is 0.183 e. The van der Waals surface area contributed by atoms with Crippen LogP contribution in [-0.4, -0.2) is 23.6 Å². The summed E-state index contributed by atoms with van der Waals surface area (Å²) in [6.45, 7) is 1.54. The zero-order valence-corrected chi connectivity index (χ0v) is 20.3. The van der Waals surface area contributed by atoms with Gasteiger partial charge in [-0.15, -0.1) is 0 Å². The van der Waals surface area contributed by atoms with Crippen LogP contribution in [0.5, 0.6) is 0 Å². The number of rotatable bonds is 10. The average Bonchev–Trinajstić information content (AvgIpc) is 2.95. The van der Waals surface area contributed by atoms with Crippen LogP contribution in [0.3, 0.4) is 0 Å². The lowest BCUT2D eigenvalue weighted by molar-refractivity contribution is 0.0882. The Morgan fingerprint density at radius 2 is 1.32 bits per heavy atom. The SMILES string of the molecule is CC(C=COC(c1ccccc1)(c1ccccc1)c1ccccc1)OCC(=NO)c1cccc(F)c1F. The van der Waals surface area contributed by atoms with E-state index in [0.29, 0.717) is 0 Å². The lowest BCUT2D eigenvalue weighted by Gasteiger charge is -2.35. The van der Waals surface area contributed by atoms with E-state index < -0.39 is 23.3 Å². The molecule has 1 unspecified atom stereocenters. The van der Waals surface area contributed by atoms with E-state index >= 15 is 0 Å². The summed E-state index contributed by atoms with van der Waals surface area (Å²) in [7, 11) is 0. The zero-order chi connectivity index (χ0) is 26.1. The average molecular weight is 500 g/mol. The Kier molecular flexibility index (Phi) is 8.44. The third-order valence-corrected chi connectivity index (χ3v) is 6.00. The second-order valence-corrected chi connectivity index (χ2v) is 8.39. The molecule has 1 N–H and O–H groups in total. The molecule has 37 heavy (non-hydrogen) atoms. The first kappa shape index (κ1) is 25.8. The highest BCUT2D eigenvalue weighted by Gasteiger charge is 2.37. The first-order chi connectivity index (χ1) is 18.1. The van der Waals surface area contributed by atoms with Crippen LogP contribution in [-0.2, 0) is 15.1 Å². The molecule has 0 spiro atoms. The van der Waals surface area contributed by atoms with Crippen molar-refractivity contribution in [3.05, 3.63) is 155 Å². The monoisotopic (exact) mass is 499 g/mol. The Morgan fingerprint density at radius 3 is 1.81 bits per heavy atom. The number of benzene rings is 4. The van der Waals surface area contributed by atoms with Gasteiger partial charge in [-0.05, 0) is 25.1 Å². The third-order valence-electron chi connectivity index (χ3n) is 6.00. The maximum Gasteiger partial charge on any atom is 0.183 e. The lowest BCUT2D eigenvalue weighted by Crippen LogP contribution is -2.31. The van der Waals surface area contributed by atoms with Crippen molar-refractivity contribution >= 4 is 5.71 Å². The molecule has 0 bridgehead atoms.